The minimum Gasteiger partial charge on any atom is -0.502 e. The van der Waals surface area contributed by atoms with Gasteiger partial charge in [-0.3, -0.25) is 0 Å². The van der Waals surface area contributed by atoms with Crippen molar-refractivity contribution in [3.63, 3.8) is 0 Å². The number of ether oxygens (including phenoxy) is 2. The number of aromatic hydroxyl groups is 1. The molecule has 134 valence electrons. The average Bonchev–Trinajstić information content (AvgIpc) is 2.66. The molecular formula is C19H17NO5S. The Kier molecular flexibility index (Phi) is 6.04. The van der Waals surface area contributed by atoms with Crippen LogP contribution in [0.2, 0.25) is 0 Å². The molecule has 0 spiro atoms. The standard InChI is InChI=1S/C19H17NO5S/c1-24-17-11-14(12-18(25-2)19(17)21)7-6-10-16(13-20)26(22,23)15-8-4-3-5-9-15/h3-12,21H,1-2H3/b7-6+,16-10+. The van der Waals surface area contributed by atoms with Crippen molar-refractivity contribution >= 4 is 15.9 Å². The predicted molar refractivity (Wildman–Crippen MR) is 97.6 cm³/mol. The van der Waals surface area contributed by atoms with Crippen molar-refractivity contribution in [2.75, 3.05) is 14.2 Å². The summed E-state index contributed by atoms with van der Waals surface area (Å²) in [6.07, 6.45) is 4.22. The second kappa shape index (κ2) is 8.23. The van der Waals surface area contributed by atoms with Crippen LogP contribution in [-0.4, -0.2) is 27.7 Å². The minimum atomic E-state index is -3.88. The number of nitrogens with zero attached hydrogens (tertiary/aromatic N) is 1. The Hall–Kier alpha value is -3.24. The third kappa shape index (κ3) is 4.05. The number of hydrogen-bond donors (Lipinski definition) is 1. The summed E-state index contributed by atoms with van der Waals surface area (Å²) in [5.41, 5.74) is 0.599. The maximum atomic E-state index is 12.5. The van der Waals surface area contributed by atoms with Crippen molar-refractivity contribution in [3.8, 4) is 23.3 Å². The smallest absolute Gasteiger partial charge is 0.216 e. The van der Waals surface area contributed by atoms with E-state index in [-0.39, 0.29) is 27.0 Å². The van der Waals surface area contributed by atoms with Crippen LogP contribution in [0.15, 0.2) is 64.4 Å². The number of methoxy groups -OCH3 is 2. The lowest BCUT2D eigenvalue weighted by atomic mass is 10.1. The number of allylic oxidation sites excluding steroid dienone is 3. The fourth-order valence-electron chi connectivity index (χ4n) is 2.17. The highest BCUT2D eigenvalue weighted by molar-refractivity contribution is 7.95. The first-order chi connectivity index (χ1) is 12.4. The SMILES string of the molecule is COc1cc(/C=C/C=C(\C#N)S(=O)(=O)c2ccccc2)cc(OC)c1O. The monoisotopic (exact) mass is 371 g/mol. The molecule has 0 atom stereocenters. The van der Waals surface area contributed by atoms with E-state index in [1.54, 1.807) is 42.5 Å². The molecule has 0 saturated heterocycles. The second-order valence-electron chi connectivity index (χ2n) is 5.09. The third-order valence-corrected chi connectivity index (χ3v) is 5.19. The van der Waals surface area contributed by atoms with E-state index >= 15 is 0 Å². The zero-order valence-corrected chi connectivity index (χ0v) is 15.0. The quantitative estimate of drug-likeness (QED) is 0.618. The molecule has 6 nitrogen and oxygen atoms in total. The lowest BCUT2D eigenvalue weighted by molar-refractivity contribution is 0.340. The first kappa shape index (κ1) is 19.1. The highest BCUT2D eigenvalue weighted by Gasteiger charge is 2.19. The number of phenols is 1. The first-order valence-corrected chi connectivity index (χ1v) is 8.96. The van der Waals surface area contributed by atoms with Gasteiger partial charge in [-0.2, -0.15) is 5.26 Å². The minimum absolute atomic E-state index is 0.0502. The van der Waals surface area contributed by atoms with Gasteiger partial charge < -0.3 is 14.6 Å². The Morgan fingerprint density at radius 2 is 1.69 bits per heavy atom. The number of rotatable bonds is 6. The van der Waals surface area contributed by atoms with Crippen molar-refractivity contribution < 1.29 is 23.0 Å². The van der Waals surface area contributed by atoms with Crippen LogP contribution in [0.3, 0.4) is 0 Å². The molecule has 0 radical (unpaired) electrons. The van der Waals surface area contributed by atoms with Gasteiger partial charge >= 0.3 is 0 Å². The Bertz CT molecular complexity index is 961. The number of hydrogen-bond acceptors (Lipinski definition) is 6. The molecule has 0 aliphatic carbocycles. The normalized spacial score (nSPS) is 12.0. The Morgan fingerprint density at radius 3 is 2.19 bits per heavy atom. The Balaban J connectivity index is 2.37. The van der Waals surface area contributed by atoms with Crippen LogP contribution < -0.4 is 9.47 Å². The van der Waals surface area contributed by atoms with Gasteiger partial charge in [0.1, 0.15) is 11.0 Å². The maximum absolute atomic E-state index is 12.5. The zero-order valence-electron chi connectivity index (χ0n) is 14.2. The molecule has 0 saturated carbocycles. The molecule has 1 N–H and O–H groups in total. The lowest BCUT2D eigenvalue weighted by Gasteiger charge is -2.09. The molecule has 0 aliphatic heterocycles. The fraction of sp³-hybridized carbons (Fsp3) is 0.105. The summed E-state index contributed by atoms with van der Waals surface area (Å²) in [5, 5.41) is 19.1. The summed E-state index contributed by atoms with van der Waals surface area (Å²) in [7, 11) is -1.07. The summed E-state index contributed by atoms with van der Waals surface area (Å²) >= 11 is 0. The fourth-order valence-corrected chi connectivity index (χ4v) is 3.32. The molecule has 0 aromatic heterocycles. The highest BCUT2D eigenvalue weighted by atomic mass is 32.2. The highest BCUT2D eigenvalue weighted by Crippen LogP contribution is 2.37. The van der Waals surface area contributed by atoms with Crippen LogP contribution in [0.4, 0.5) is 0 Å². The van der Waals surface area contributed by atoms with Crippen LogP contribution in [0.25, 0.3) is 6.08 Å². The predicted octanol–water partition coefficient (Wildman–Crippen LogP) is 3.30. The summed E-state index contributed by atoms with van der Waals surface area (Å²) < 4.78 is 35.0. The summed E-state index contributed by atoms with van der Waals surface area (Å²) in [6, 6.07) is 12.6. The van der Waals surface area contributed by atoms with E-state index in [1.165, 1.54) is 38.5 Å². The van der Waals surface area contributed by atoms with Crippen LogP contribution in [-0.2, 0) is 9.84 Å². The molecular weight excluding hydrogens is 354 g/mol. The van der Waals surface area contributed by atoms with Crippen LogP contribution >= 0.6 is 0 Å². The largest absolute Gasteiger partial charge is 0.502 e. The van der Waals surface area contributed by atoms with E-state index in [2.05, 4.69) is 0 Å². The molecule has 26 heavy (non-hydrogen) atoms. The van der Waals surface area contributed by atoms with Gasteiger partial charge in [0, 0.05) is 0 Å². The van der Waals surface area contributed by atoms with E-state index < -0.39 is 9.84 Å². The van der Waals surface area contributed by atoms with Gasteiger partial charge in [0.2, 0.25) is 15.6 Å². The maximum Gasteiger partial charge on any atom is 0.216 e. The zero-order chi connectivity index (χ0) is 19.2. The van der Waals surface area contributed by atoms with E-state index in [4.69, 9.17) is 9.47 Å². The van der Waals surface area contributed by atoms with Gasteiger partial charge in [0.05, 0.1) is 19.1 Å². The molecule has 0 heterocycles. The number of sulfone groups is 1. The van der Waals surface area contributed by atoms with Gasteiger partial charge in [-0.15, -0.1) is 0 Å². The van der Waals surface area contributed by atoms with Crippen LogP contribution in [0.5, 0.6) is 17.2 Å². The molecule has 0 unspecified atom stereocenters. The van der Waals surface area contributed by atoms with Crippen molar-refractivity contribution in [1.82, 2.24) is 0 Å². The molecule has 2 aromatic carbocycles. The van der Waals surface area contributed by atoms with Crippen LogP contribution in [0, 0.1) is 11.3 Å². The van der Waals surface area contributed by atoms with Gasteiger partial charge in [0.25, 0.3) is 0 Å². The van der Waals surface area contributed by atoms with Crippen molar-refractivity contribution in [3.05, 3.63) is 65.1 Å². The van der Waals surface area contributed by atoms with E-state index in [1.807, 2.05) is 0 Å². The first-order valence-electron chi connectivity index (χ1n) is 7.47. The number of benzene rings is 2. The molecule has 2 aromatic rings. The Morgan fingerprint density at radius 1 is 1.12 bits per heavy atom. The van der Waals surface area contributed by atoms with Gasteiger partial charge in [-0.25, -0.2) is 8.42 Å². The number of phenolic OH excluding ortho intramolecular Hbond substituents is 1. The molecule has 2 rings (SSSR count). The van der Waals surface area contributed by atoms with Crippen LogP contribution in [0.1, 0.15) is 5.56 Å². The van der Waals surface area contributed by atoms with Crippen molar-refractivity contribution in [1.29, 1.82) is 5.26 Å². The third-order valence-electron chi connectivity index (χ3n) is 3.49. The average molecular weight is 371 g/mol. The molecule has 0 fully saturated rings. The van der Waals surface area contributed by atoms with Crippen molar-refractivity contribution in [2.45, 2.75) is 4.90 Å². The Labute approximate surface area is 152 Å². The summed E-state index contributed by atoms with van der Waals surface area (Å²) in [4.78, 5) is -0.327. The van der Waals surface area contributed by atoms with E-state index in [9.17, 15) is 18.8 Å². The van der Waals surface area contributed by atoms with Gasteiger partial charge in [-0.05, 0) is 35.9 Å². The number of nitriles is 1. The van der Waals surface area contributed by atoms with E-state index in [0.29, 0.717) is 5.56 Å². The second-order valence-corrected chi connectivity index (χ2v) is 7.01. The molecule has 0 amide bonds. The van der Waals surface area contributed by atoms with Gasteiger partial charge in [-0.1, -0.05) is 30.4 Å². The molecule has 0 aliphatic rings. The lowest BCUT2D eigenvalue weighted by Crippen LogP contribution is -2.02. The van der Waals surface area contributed by atoms with E-state index in [0.717, 1.165) is 0 Å². The van der Waals surface area contributed by atoms with Crippen molar-refractivity contribution in [2.24, 2.45) is 0 Å². The molecule has 7 heteroatoms. The molecule has 0 bridgehead atoms. The summed E-state index contributed by atoms with van der Waals surface area (Å²) in [6.45, 7) is 0. The summed E-state index contributed by atoms with van der Waals surface area (Å²) in [5.74, 6) is 0.294. The topological polar surface area (TPSA) is 96.6 Å². The van der Waals surface area contributed by atoms with Gasteiger partial charge in [0.15, 0.2) is 11.5 Å².